The number of carbonyl (C=O) groups excluding carboxylic acids is 1. The summed E-state index contributed by atoms with van der Waals surface area (Å²) in [6, 6.07) is 18.9. The maximum absolute atomic E-state index is 13.0. The number of nitrogens with zero attached hydrogens (tertiary/aromatic N) is 3. The molecule has 9 nitrogen and oxygen atoms in total. The number of aromatic amines is 1. The molecule has 9 heteroatoms. The molecule has 2 aromatic heterocycles. The number of nitrogens with one attached hydrogen (secondary N) is 3. The molecular weight excluding hydrogens is 504 g/mol. The highest BCUT2D eigenvalue weighted by Gasteiger charge is 2.16. The van der Waals surface area contributed by atoms with E-state index in [9.17, 15) is 9.59 Å². The predicted molar refractivity (Wildman–Crippen MR) is 159 cm³/mol. The number of hydrogen-bond acceptors (Lipinski definition) is 7. The molecule has 0 atom stereocenters. The Hall–Kier alpha value is -4.50. The fourth-order valence-corrected chi connectivity index (χ4v) is 4.62. The van der Waals surface area contributed by atoms with Gasteiger partial charge in [0.25, 0.3) is 11.5 Å². The van der Waals surface area contributed by atoms with E-state index in [4.69, 9.17) is 4.74 Å². The largest absolute Gasteiger partial charge is 0.378 e. The van der Waals surface area contributed by atoms with Gasteiger partial charge in [0.1, 0.15) is 5.69 Å². The van der Waals surface area contributed by atoms with E-state index in [1.165, 1.54) is 5.56 Å². The van der Waals surface area contributed by atoms with Crippen LogP contribution in [0.3, 0.4) is 0 Å². The normalized spacial score (nSPS) is 13.7. The SMILES string of the molecule is Cc1c(NC(=O)c2ccc(C(C)(C)C)cc2)cccc1-c1c[nH]c(=O)c(Nc2ccc(N3CCOCC3)nn2)c1. The van der Waals surface area contributed by atoms with E-state index in [0.717, 1.165) is 35.6 Å². The number of H-pyrrole nitrogens is 1. The average molecular weight is 539 g/mol. The molecule has 3 N–H and O–H groups in total. The molecule has 2 aromatic carbocycles. The lowest BCUT2D eigenvalue weighted by atomic mass is 9.86. The van der Waals surface area contributed by atoms with Crippen molar-refractivity contribution in [3.8, 4) is 11.1 Å². The molecule has 206 valence electrons. The fraction of sp³-hybridized carbons (Fsp3) is 0.290. The number of hydrogen-bond donors (Lipinski definition) is 3. The van der Waals surface area contributed by atoms with Crippen LogP contribution in [0, 0.1) is 6.92 Å². The van der Waals surface area contributed by atoms with Gasteiger partial charge in [-0.1, -0.05) is 45.0 Å². The minimum Gasteiger partial charge on any atom is -0.378 e. The van der Waals surface area contributed by atoms with Crippen molar-refractivity contribution in [2.75, 3.05) is 41.8 Å². The van der Waals surface area contributed by atoms with Crippen LogP contribution in [0.25, 0.3) is 11.1 Å². The molecule has 0 spiro atoms. The standard InChI is InChI=1S/C31H34N6O3/c1-20-24(6-5-7-25(20)34-29(38)21-8-10-23(11-9-21)31(2,3)4)22-18-26(30(39)32-19-22)33-27-12-13-28(36-35-27)37-14-16-40-17-15-37/h5-13,18-19H,14-17H2,1-4H3,(H,32,39)(H,33,35)(H,34,38). The van der Waals surface area contributed by atoms with Crippen molar-refractivity contribution in [3.63, 3.8) is 0 Å². The van der Waals surface area contributed by atoms with Crippen molar-refractivity contribution in [1.82, 2.24) is 15.2 Å². The van der Waals surface area contributed by atoms with Gasteiger partial charge >= 0.3 is 0 Å². The zero-order valence-electron chi connectivity index (χ0n) is 23.2. The number of rotatable bonds is 6. The predicted octanol–water partition coefficient (Wildman–Crippen LogP) is 5.27. The van der Waals surface area contributed by atoms with E-state index in [1.54, 1.807) is 18.3 Å². The number of morpholine rings is 1. The van der Waals surface area contributed by atoms with Crippen LogP contribution in [0.1, 0.15) is 42.3 Å². The first-order valence-corrected chi connectivity index (χ1v) is 13.4. The molecule has 1 aliphatic rings. The molecule has 1 aliphatic heterocycles. The number of anilines is 4. The maximum atomic E-state index is 13.0. The summed E-state index contributed by atoms with van der Waals surface area (Å²) in [4.78, 5) is 30.5. The molecule has 0 unspecified atom stereocenters. The summed E-state index contributed by atoms with van der Waals surface area (Å²) in [6.45, 7) is 11.2. The number of amides is 1. The number of aromatic nitrogens is 3. The Morgan fingerprint density at radius 3 is 2.40 bits per heavy atom. The smallest absolute Gasteiger partial charge is 0.271 e. The molecule has 4 aromatic rings. The van der Waals surface area contributed by atoms with Crippen LogP contribution in [0.5, 0.6) is 0 Å². The Morgan fingerprint density at radius 2 is 1.73 bits per heavy atom. The molecule has 1 fully saturated rings. The van der Waals surface area contributed by atoms with Gasteiger partial charge < -0.3 is 25.3 Å². The number of benzene rings is 2. The first kappa shape index (κ1) is 27.1. The Kier molecular flexibility index (Phi) is 7.66. The second-order valence-electron chi connectivity index (χ2n) is 10.9. The molecule has 0 aliphatic carbocycles. The minimum atomic E-state index is -0.274. The topological polar surface area (TPSA) is 112 Å². The lowest BCUT2D eigenvalue weighted by Crippen LogP contribution is -2.36. The summed E-state index contributed by atoms with van der Waals surface area (Å²) < 4.78 is 5.39. The van der Waals surface area contributed by atoms with Crippen molar-refractivity contribution in [3.05, 3.63) is 93.9 Å². The quantitative estimate of drug-likeness (QED) is 0.307. The van der Waals surface area contributed by atoms with Gasteiger partial charge in [-0.15, -0.1) is 10.2 Å². The first-order chi connectivity index (χ1) is 19.2. The molecule has 5 rings (SSSR count). The molecule has 1 saturated heterocycles. The third kappa shape index (κ3) is 6.05. The van der Waals surface area contributed by atoms with Crippen LogP contribution in [-0.2, 0) is 10.2 Å². The van der Waals surface area contributed by atoms with E-state index >= 15 is 0 Å². The summed E-state index contributed by atoms with van der Waals surface area (Å²) >= 11 is 0. The third-order valence-electron chi connectivity index (χ3n) is 7.06. The van der Waals surface area contributed by atoms with Crippen LogP contribution < -0.4 is 21.1 Å². The van der Waals surface area contributed by atoms with Gasteiger partial charge in [0.15, 0.2) is 11.6 Å². The zero-order valence-corrected chi connectivity index (χ0v) is 23.2. The third-order valence-corrected chi connectivity index (χ3v) is 7.06. The van der Waals surface area contributed by atoms with Gasteiger partial charge in [-0.25, -0.2) is 0 Å². The minimum absolute atomic E-state index is 0.0171. The van der Waals surface area contributed by atoms with Gasteiger partial charge in [0.2, 0.25) is 0 Å². The van der Waals surface area contributed by atoms with Crippen molar-refractivity contribution in [2.45, 2.75) is 33.1 Å². The lowest BCUT2D eigenvalue weighted by Gasteiger charge is -2.27. The van der Waals surface area contributed by atoms with Crippen LogP contribution in [-0.4, -0.2) is 47.4 Å². The number of ether oxygens (including phenoxy) is 1. The van der Waals surface area contributed by atoms with Crippen molar-refractivity contribution >= 4 is 28.9 Å². The Bertz CT molecular complexity index is 1550. The highest BCUT2D eigenvalue weighted by Crippen LogP contribution is 2.30. The molecule has 1 amide bonds. The molecular formula is C31H34N6O3. The van der Waals surface area contributed by atoms with Gasteiger partial charge in [-0.05, 0) is 65.4 Å². The van der Waals surface area contributed by atoms with Crippen molar-refractivity contribution in [1.29, 1.82) is 0 Å². The van der Waals surface area contributed by atoms with Gasteiger partial charge in [-0.2, -0.15) is 0 Å². The van der Waals surface area contributed by atoms with Crippen LogP contribution in [0.15, 0.2) is 71.7 Å². The van der Waals surface area contributed by atoms with E-state index in [1.807, 2.05) is 55.5 Å². The van der Waals surface area contributed by atoms with Crippen molar-refractivity contribution < 1.29 is 9.53 Å². The Balaban J connectivity index is 1.33. The second kappa shape index (κ2) is 11.3. The van der Waals surface area contributed by atoms with Crippen LogP contribution in [0.4, 0.5) is 23.0 Å². The van der Waals surface area contributed by atoms with Gasteiger partial charge in [0.05, 0.1) is 13.2 Å². The highest BCUT2D eigenvalue weighted by molar-refractivity contribution is 6.05. The summed E-state index contributed by atoms with van der Waals surface area (Å²) in [5.74, 6) is 1.06. The highest BCUT2D eigenvalue weighted by atomic mass is 16.5. The molecule has 0 bridgehead atoms. The summed E-state index contributed by atoms with van der Waals surface area (Å²) in [7, 11) is 0. The lowest BCUT2D eigenvalue weighted by molar-refractivity contribution is 0.102. The molecule has 3 heterocycles. The average Bonchev–Trinajstić information content (AvgIpc) is 2.96. The van der Waals surface area contributed by atoms with Crippen LogP contribution in [0.2, 0.25) is 0 Å². The van der Waals surface area contributed by atoms with E-state index in [-0.39, 0.29) is 16.9 Å². The first-order valence-electron chi connectivity index (χ1n) is 13.4. The molecule has 0 saturated carbocycles. The maximum Gasteiger partial charge on any atom is 0.271 e. The summed E-state index contributed by atoms with van der Waals surface area (Å²) in [6.07, 6.45) is 1.67. The monoisotopic (exact) mass is 538 g/mol. The second-order valence-corrected chi connectivity index (χ2v) is 10.9. The van der Waals surface area contributed by atoms with Gasteiger partial charge in [-0.3, -0.25) is 9.59 Å². The molecule has 40 heavy (non-hydrogen) atoms. The van der Waals surface area contributed by atoms with E-state index < -0.39 is 0 Å². The van der Waals surface area contributed by atoms with Crippen LogP contribution >= 0.6 is 0 Å². The van der Waals surface area contributed by atoms with E-state index in [2.05, 4.69) is 51.5 Å². The fourth-order valence-electron chi connectivity index (χ4n) is 4.62. The number of pyridine rings is 1. The Labute approximate surface area is 233 Å². The summed E-state index contributed by atoms with van der Waals surface area (Å²) in [5.41, 5.74) is 5.11. The van der Waals surface area contributed by atoms with Gasteiger partial charge in [0, 0.05) is 36.1 Å². The Morgan fingerprint density at radius 1 is 0.975 bits per heavy atom. The van der Waals surface area contributed by atoms with Crippen molar-refractivity contribution in [2.24, 2.45) is 0 Å². The van der Waals surface area contributed by atoms with E-state index in [0.29, 0.717) is 36.0 Å². The molecule has 0 radical (unpaired) electrons. The number of carbonyl (C=O) groups is 1. The zero-order chi connectivity index (χ0) is 28.3. The summed E-state index contributed by atoms with van der Waals surface area (Å²) in [5, 5.41) is 14.7.